The van der Waals surface area contributed by atoms with Crippen LogP contribution in [0.5, 0.6) is 5.75 Å². The average molecular weight is 562 g/mol. The first-order chi connectivity index (χ1) is 19.0. The Morgan fingerprint density at radius 2 is 1.73 bits per heavy atom. The third kappa shape index (κ3) is 5.85. The number of carbonyl (C=O) groups is 1. The molecule has 0 aliphatic carbocycles. The van der Waals surface area contributed by atoms with E-state index in [1.807, 2.05) is 36.4 Å². The summed E-state index contributed by atoms with van der Waals surface area (Å²) in [5.74, 6) is 0.431. The molecule has 9 heteroatoms. The van der Waals surface area contributed by atoms with Crippen molar-refractivity contribution in [3.05, 3.63) is 78.0 Å². The lowest BCUT2D eigenvalue weighted by atomic mass is 9.87. The van der Waals surface area contributed by atoms with Crippen molar-refractivity contribution >= 4 is 32.5 Å². The minimum Gasteiger partial charge on any atom is -0.497 e. The van der Waals surface area contributed by atoms with Gasteiger partial charge >= 0.3 is 0 Å². The van der Waals surface area contributed by atoms with Crippen molar-refractivity contribution in [3.8, 4) is 16.9 Å². The van der Waals surface area contributed by atoms with E-state index < -0.39 is 10.0 Å². The molecule has 40 heavy (non-hydrogen) atoms. The molecule has 1 saturated heterocycles. The fraction of sp³-hybridized carbons (Fsp3) is 0.323. The molecule has 0 bridgehead atoms. The van der Waals surface area contributed by atoms with Crippen molar-refractivity contribution in [3.63, 3.8) is 0 Å². The number of amides is 1. The van der Waals surface area contributed by atoms with Crippen LogP contribution in [0.3, 0.4) is 0 Å². The molecule has 1 aliphatic heterocycles. The fourth-order valence-electron chi connectivity index (χ4n) is 4.95. The van der Waals surface area contributed by atoms with E-state index >= 15 is 0 Å². The summed E-state index contributed by atoms with van der Waals surface area (Å²) < 4.78 is 40.1. The second-order valence-electron chi connectivity index (χ2n) is 11.1. The number of sulfonamides is 1. The van der Waals surface area contributed by atoms with E-state index in [9.17, 15) is 13.2 Å². The van der Waals surface area contributed by atoms with Crippen molar-refractivity contribution < 1.29 is 22.7 Å². The zero-order chi connectivity index (χ0) is 28.5. The number of aromatic amines is 1. The minimum absolute atomic E-state index is 0.0258. The molecule has 3 aromatic carbocycles. The Balaban J connectivity index is 1.53. The molecule has 0 saturated carbocycles. The highest BCUT2D eigenvalue weighted by atomic mass is 32.2. The second kappa shape index (κ2) is 11.0. The molecule has 0 spiro atoms. The quantitative estimate of drug-likeness (QED) is 0.262. The van der Waals surface area contributed by atoms with E-state index in [-0.39, 0.29) is 22.3 Å². The first-order valence-corrected chi connectivity index (χ1v) is 14.9. The molecule has 1 aliphatic rings. The third-order valence-corrected chi connectivity index (χ3v) is 8.62. The van der Waals surface area contributed by atoms with Gasteiger partial charge in [0, 0.05) is 41.4 Å². The standard InChI is InChI=1S/C31H35N3O5S/c1-31(2,3)21-8-11-25(12-9-21)40(36,37)34-23-10-13-27-26(19-23)28(20-6-5-7-24(18-20)38-4)29(33-27)30(35)32-22-14-16-39-17-15-22/h5-13,18-19,22,33-34H,14-17H2,1-4H3,(H,32,35). The van der Waals surface area contributed by atoms with Crippen molar-refractivity contribution in [1.82, 2.24) is 10.3 Å². The fourth-order valence-corrected chi connectivity index (χ4v) is 6.00. The smallest absolute Gasteiger partial charge is 0.268 e. The third-order valence-electron chi connectivity index (χ3n) is 7.22. The van der Waals surface area contributed by atoms with Crippen LogP contribution < -0.4 is 14.8 Å². The van der Waals surface area contributed by atoms with Gasteiger partial charge in [0.2, 0.25) is 0 Å². The zero-order valence-electron chi connectivity index (χ0n) is 23.2. The maximum absolute atomic E-state index is 13.5. The summed E-state index contributed by atoms with van der Waals surface area (Å²) in [6.07, 6.45) is 1.51. The number of benzene rings is 3. The average Bonchev–Trinajstić information content (AvgIpc) is 3.32. The Labute approximate surface area is 235 Å². The molecular formula is C31H35N3O5S. The van der Waals surface area contributed by atoms with Gasteiger partial charge in [0.1, 0.15) is 11.4 Å². The van der Waals surface area contributed by atoms with E-state index in [4.69, 9.17) is 9.47 Å². The second-order valence-corrected chi connectivity index (χ2v) is 12.8. The lowest BCUT2D eigenvalue weighted by Crippen LogP contribution is -2.39. The van der Waals surface area contributed by atoms with Crippen molar-refractivity contribution in [2.24, 2.45) is 0 Å². The Morgan fingerprint density at radius 1 is 1.00 bits per heavy atom. The maximum atomic E-state index is 13.5. The van der Waals surface area contributed by atoms with Gasteiger partial charge in [-0.05, 0) is 71.8 Å². The molecule has 0 atom stereocenters. The summed E-state index contributed by atoms with van der Waals surface area (Å²) in [5, 5.41) is 3.85. The van der Waals surface area contributed by atoms with Gasteiger partial charge in [0.25, 0.3) is 15.9 Å². The summed E-state index contributed by atoms with van der Waals surface area (Å²) in [4.78, 5) is 17.0. The van der Waals surface area contributed by atoms with E-state index in [1.54, 1.807) is 37.4 Å². The van der Waals surface area contributed by atoms with Crippen LogP contribution in [0, 0.1) is 0 Å². The van der Waals surface area contributed by atoms with Gasteiger partial charge < -0.3 is 19.8 Å². The van der Waals surface area contributed by atoms with Gasteiger partial charge in [-0.2, -0.15) is 0 Å². The monoisotopic (exact) mass is 561 g/mol. The Hall–Kier alpha value is -3.82. The number of rotatable bonds is 7. The lowest BCUT2D eigenvalue weighted by Gasteiger charge is -2.23. The van der Waals surface area contributed by atoms with E-state index in [1.165, 1.54) is 0 Å². The van der Waals surface area contributed by atoms with Gasteiger partial charge in [-0.25, -0.2) is 8.42 Å². The summed E-state index contributed by atoms with van der Waals surface area (Å²) in [5.41, 5.74) is 3.94. The number of hydrogen-bond donors (Lipinski definition) is 3. The van der Waals surface area contributed by atoms with Crippen molar-refractivity contribution in [1.29, 1.82) is 0 Å². The van der Waals surface area contributed by atoms with Gasteiger partial charge in [-0.1, -0.05) is 45.0 Å². The highest BCUT2D eigenvalue weighted by molar-refractivity contribution is 7.92. The number of aromatic nitrogens is 1. The van der Waals surface area contributed by atoms with Crippen LogP contribution in [0.4, 0.5) is 5.69 Å². The largest absolute Gasteiger partial charge is 0.497 e. The van der Waals surface area contributed by atoms with E-state index in [0.717, 1.165) is 24.0 Å². The molecule has 2 heterocycles. The van der Waals surface area contributed by atoms with Crippen LogP contribution in [-0.2, 0) is 20.2 Å². The summed E-state index contributed by atoms with van der Waals surface area (Å²) >= 11 is 0. The number of anilines is 1. The Morgan fingerprint density at radius 3 is 2.40 bits per heavy atom. The van der Waals surface area contributed by atoms with Crippen LogP contribution in [-0.4, -0.2) is 45.7 Å². The van der Waals surface area contributed by atoms with Gasteiger partial charge in [-0.15, -0.1) is 0 Å². The molecule has 210 valence electrons. The number of fused-ring (bicyclic) bond motifs is 1. The number of carbonyl (C=O) groups excluding carboxylic acids is 1. The normalized spacial score (nSPS) is 14.7. The highest BCUT2D eigenvalue weighted by Crippen LogP contribution is 2.36. The van der Waals surface area contributed by atoms with Gasteiger partial charge in [0.05, 0.1) is 12.0 Å². The van der Waals surface area contributed by atoms with Crippen molar-refractivity contribution in [2.45, 2.75) is 50.0 Å². The van der Waals surface area contributed by atoms with Crippen LogP contribution in [0.15, 0.2) is 71.6 Å². The molecule has 3 N–H and O–H groups in total. The number of nitrogens with one attached hydrogen (secondary N) is 3. The molecule has 4 aromatic rings. The molecular weight excluding hydrogens is 526 g/mol. The number of H-pyrrole nitrogens is 1. The zero-order valence-corrected chi connectivity index (χ0v) is 24.0. The molecule has 5 rings (SSSR count). The van der Waals surface area contributed by atoms with Crippen LogP contribution in [0.1, 0.15) is 49.7 Å². The van der Waals surface area contributed by atoms with Crippen LogP contribution in [0.25, 0.3) is 22.0 Å². The molecule has 0 unspecified atom stereocenters. The molecule has 1 aromatic heterocycles. The molecule has 0 radical (unpaired) electrons. The minimum atomic E-state index is -3.83. The summed E-state index contributed by atoms with van der Waals surface area (Å²) in [7, 11) is -2.24. The predicted molar refractivity (Wildman–Crippen MR) is 158 cm³/mol. The number of ether oxygens (including phenoxy) is 2. The van der Waals surface area contributed by atoms with Gasteiger partial charge in [0.15, 0.2) is 0 Å². The Kier molecular flexibility index (Phi) is 7.61. The maximum Gasteiger partial charge on any atom is 0.268 e. The van der Waals surface area contributed by atoms with Crippen molar-refractivity contribution in [2.75, 3.05) is 25.0 Å². The van der Waals surface area contributed by atoms with Crippen LogP contribution >= 0.6 is 0 Å². The van der Waals surface area contributed by atoms with Gasteiger partial charge in [-0.3, -0.25) is 9.52 Å². The molecule has 1 amide bonds. The topological polar surface area (TPSA) is 110 Å². The predicted octanol–water partition coefficient (Wildman–Crippen LogP) is 5.85. The molecule has 8 nitrogen and oxygen atoms in total. The van der Waals surface area contributed by atoms with E-state index in [0.29, 0.717) is 46.8 Å². The lowest BCUT2D eigenvalue weighted by molar-refractivity contribution is 0.0695. The SMILES string of the molecule is COc1cccc(-c2c(C(=O)NC3CCOCC3)[nH]c3ccc(NS(=O)(=O)c4ccc(C(C)(C)C)cc4)cc23)c1. The highest BCUT2D eigenvalue weighted by Gasteiger charge is 2.24. The first-order valence-electron chi connectivity index (χ1n) is 13.4. The number of hydrogen-bond acceptors (Lipinski definition) is 5. The summed E-state index contributed by atoms with van der Waals surface area (Å²) in [6, 6.07) is 19.7. The van der Waals surface area contributed by atoms with Crippen LogP contribution in [0.2, 0.25) is 0 Å². The summed E-state index contributed by atoms with van der Waals surface area (Å²) in [6.45, 7) is 7.47. The number of methoxy groups -OCH3 is 1. The Bertz CT molecular complexity index is 1630. The van der Waals surface area contributed by atoms with E-state index in [2.05, 4.69) is 35.8 Å². The first kappa shape index (κ1) is 27.7. The molecule has 1 fully saturated rings.